The highest BCUT2D eigenvalue weighted by Crippen LogP contribution is 2.18. The molecule has 1 radical (unpaired) electrons. The summed E-state index contributed by atoms with van der Waals surface area (Å²) in [6.07, 6.45) is 1.91. The van der Waals surface area contributed by atoms with E-state index in [1.165, 1.54) is 5.56 Å². The van der Waals surface area contributed by atoms with Crippen molar-refractivity contribution in [2.24, 2.45) is 0 Å². The summed E-state index contributed by atoms with van der Waals surface area (Å²) in [6.45, 7) is 3.80. The fraction of sp³-hybridized carbons (Fsp3) is 0.300. The molecule has 0 aliphatic rings. The van der Waals surface area contributed by atoms with Crippen molar-refractivity contribution in [2.75, 3.05) is 7.11 Å². The molecule has 0 aliphatic carbocycles. The van der Waals surface area contributed by atoms with Gasteiger partial charge in [0.1, 0.15) is 5.75 Å². The number of rotatable bonds is 3. The average molecular weight is 149 g/mol. The first-order valence-corrected chi connectivity index (χ1v) is 3.79. The van der Waals surface area contributed by atoms with E-state index in [0.29, 0.717) is 0 Å². The molecule has 0 N–H and O–H groups in total. The summed E-state index contributed by atoms with van der Waals surface area (Å²) in [5.41, 5.74) is 1.24. The quantitative estimate of drug-likeness (QED) is 0.641. The molecule has 1 aromatic rings. The second kappa shape index (κ2) is 4.02. The van der Waals surface area contributed by atoms with Crippen molar-refractivity contribution < 1.29 is 4.74 Å². The highest BCUT2D eigenvalue weighted by molar-refractivity contribution is 5.33. The van der Waals surface area contributed by atoms with Crippen LogP contribution in [0, 0.1) is 6.92 Å². The fourth-order valence-corrected chi connectivity index (χ4v) is 1.10. The monoisotopic (exact) mass is 149 g/mol. The molecule has 0 unspecified atom stereocenters. The lowest BCUT2D eigenvalue weighted by molar-refractivity contribution is 0.409. The van der Waals surface area contributed by atoms with Gasteiger partial charge in [0.15, 0.2) is 0 Å². The number of hydrogen-bond acceptors (Lipinski definition) is 1. The van der Waals surface area contributed by atoms with Gasteiger partial charge in [-0.25, -0.2) is 0 Å². The van der Waals surface area contributed by atoms with Crippen molar-refractivity contribution in [1.82, 2.24) is 0 Å². The van der Waals surface area contributed by atoms with E-state index in [9.17, 15) is 0 Å². The van der Waals surface area contributed by atoms with Gasteiger partial charge in [-0.1, -0.05) is 25.1 Å². The van der Waals surface area contributed by atoms with Crippen LogP contribution in [0.15, 0.2) is 24.3 Å². The Balaban J connectivity index is 2.83. The first-order valence-electron chi connectivity index (χ1n) is 3.79. The van der Waals surface area contributed by atoms with Gasteiger partial charge in [0.25, 0.3) is 0 Å². The SMILES string of the molecule is [CH2]CCc1ccccc1OC. The van der Waals surface area contributed by atoms with E-state index in [1.54, 1.807) is 7.11 Å². The lowest BCUT2D eigenvalue weighted by Crippen LogP contribution is -1.90. The van der Waals surface area contributed by atoms with Gasteiger partial charge >= 0.3 is 0 Å². The predicted molar refractivity (Wildman–Crippen MR) is 46.7 cm³/mol. The van der Waals surface area contributed by atoms with Crippen LogP contribution in [-0.4, -0.2) is 7.11 Å². The van der Waals surface area contributed by atoms with E-state index in [2.05, 4.69) is 13.0 Å². The number of benzene rings is 1. The zero-order valence-electron chi connectivity index (χ0n) is 6.84. The van der Waals surface area contributed by atoms with Gasteiger partial charge in [0.05, 0.1) is 7.11 Å². The van der Waals surface area contributed by atoms with Gasteiger partial charge in [-0.3, -0.25) is 0 Å². The van der Waals surface area contributed by atoms with Gasteiger partial charge in [0, 0.05) is 0 Å². The summed E-state index contributed by atoms with van der Waals surface area (Å²) in [7, 11) is 1.70. The van der Waals surface area contributed by atoms with E-state index in [4.69, 9.17) is 4.74 Å². The average Bonchev–Trinajstić information content (AvgIpc) is 2.06. The molecule has 0 saturated carbocycles. The minimum absolute atomic E-state index is 0.917. The number of aryl methyl sites for hydroxylation is 1. The molecule has 0 bridgehead atoms. The molecule has 0 aliphatic heterocycles. The Kier molecular flexibility index (Phi) is 2.96. The molecule has 0 amide bonds. The Morgan fingerprint density at radius 1 is 1.36 bits per heavy atom. The molecule has 0 saturated heterocycles. The van der Waals surface area contributed by atoms with Crippen molar-refractivity contribution in [3.63, 3.8) is 0 Å². The van der Waals surface area contributed by atoms with E-state index in [-0.39, 0.29) is 0 Å². The molecular formula is C10H13O. The van der Waals surface area contributed by atoms with Crippen LogP contribution >= 0.6 is 0 Å². The first kappa shape index (κ1) is 8.12. The van der Waals surface area contributed by atoms with Crippen molar-refractivity contribution in [3.05, 3.63) is 36.8 Å². The van der Waals surface area contributed by atoms with Crippen molar-refractivity contribution in [3.8, 4) is 5.75 Å². The highest BCUT2D eigenvalue weighted by atomic mass is 16.5. The molecule has 1 aromatic carbocycles. The molecule has 1 nitrogen and oxygen atoms in total. The summed E-state index contributed by atoms with van der Waals surface area (Å²) >= 11 is 0. The largest absolute Gasteiger partial charge is 0.496 e. The fourth-order valence-electron chi connectivity index (χ4n) is 1.10. The molecule has 0 heterocycles. The van der Waals surface area contributed by atoms with Gasteiger partial charge in [0.2, 0.25) is 0 Å². The van der Waals surface area contributed by atoms with Crippen LogP contribution in [0.25, 0.3) is 0 Å². The van der Waals surface area contributed by atoms with Crippen molar-refractivity contribution >= 4 is 0 Å². The third kappa shape index (κ3) is 1.97. The molecule has 0 fully saturated rings. The zero-order chi connectivity index (χ0) is 8.10. The summed E-state index contributed by atoms with van der Waals surface area (Å²) in [6, 6.07) is 8.05. The van der Waals surface area contributed by atoms with Crippen molar-refractivity contribution in [2.45, 2.75) is 12.8 Å². The minimum atomic E-state index is 0.917. The van der Waals surface area contributed by atoms with Gasteiger partial charge in [-0.2, -0.15) is 0 Å². The third-order valence-corrected chi connectivity index (χ3v) is 1.64. The summed E-state index contributed by atoms with van der Waals surface area (Å²) in [5, 5.41) is 0. The second-order valence-electron chi connectivity index (χ2n) is 2.42. The zero-order valence-corrected chi connectivity index (χ0v) is 6.84. The molecule has 11 heavy (non-hydrogen) atoms. The Bertz CT molecular complexity index is 218. The van der Waals surface area contributed by atoms with Crippen molar-refractivity contribution in [1.29, 1.82) is 0 Å². The molecule has 0 atom stereocenters. The minimum Gasteiger partial charge on any atom is -0.496 e. The maximum Gasteiger partial charge on any atom is 0.122 e. The van der Waals surface area contributed by atoms with E-state index >= 15 is 0 Å². The summed E-state index contributed by atoms with van der Waals surface area (Å²) in [5.74, 6) is 0.969. The molecule has 0 aromatic heterocycles. The molecular weight excluding hydrogens is 136 g/mol. The Labute approximate surface area is 68.0 Å². The predicted octanol–water partition coefficient (Wildman–Crippen LogP) is 2.46. The van der Waals surface area contributed by atoms with Crippen LogP contribution in [0.3, 0.4) is 0 Å². The second-order valence-corrected chi connectivity index (χ2v) is 2.42. The van der Waals surface area contributed by atoms with E-state index < -0.39 is 0 Å². The molecule has 1 rings (SSSR count). The Hall–Kier alpha value is -0.980. The molecule has 59 valence electrons. The Morgan fingerprint density at radius 2 is 2.09 bits per heavy atom. The maximum absolute atomic E-state index is 5.17. The number of ether oxygens (including phenoxy) is 1. The van der Waals surface area contributed by atoms with Gasteiger partial charge in [-0.05, 0) is 24.5 Å². The van der Waals surface area contributed by atoms with Crippen LogP contribution in [0.5, 0.6) is 5.75 Å². The van der Waals surface area contributed by atoms with E-state index in [0.717, 1.165) is 18.6 Å². The molecule has 1 heteroatoms. The number of hydrogen-bond donors (Lipinski definition) is 0. The van der Waals surface area contributed by atoms with Crippen LogP contribution < -0.4 is 4.74 Å². The summed E-state index contributed by atoms with van der Waals surface area (Å²) in [4.78, 5) is 0. The third-order valence-electron chi connectivity index (χ3n) is 1.64. The topological polar surface area (TPSA) is 9.23 Å². The van der Waals surface area contributed by atoms with Crippen LogP contribution in [0.1, 0.15) is 12.0 Å². The Morgan fingerprint density at radius 3 is 2.73 bits per heavy atom. The smallest absolute Gasteiger partial charge is 0.122 e. The first-order chi connectivity index (χ1) is 5.38. The van der Waals surface area contributed by atoms with Crippen LogP contribution in [0.2, 0.25) is 0 Å². The standard InChI is InChI=1S/C10H13O/c1-3-6-9-7-4-5-8-10(9)11-2/h4-5,7-8H,1,3,6H2,2H3. The van der Waals surface area contributed by atoms with Crippen LogP contribution in [0.4, 0.5) is 0 Å². The van der Waals surface area contributed by atoms with E-state index in [1.807, 2.05) is 18.2 Å². The highest BCUT2D eigenvalue weighted by Gasteiger charge is 1.97. The number of methoxy groups -OCH3 is 1. The molecule has 0 spiro atoms. The summed E-state index contributed by atoms with van der Waals surface area (Å²) < 4.78 is 5.17. The van der Waals surface area contributed by atoms with Crippen LogP contribution in [-0.2, 0) is 6.42 Å². The van der Waals surface area contributed by atoms with Gasteiger partial charge < -0.3 is 4.74 Å². The normalized spacial score (nSPS) is 9.64. The lowest BCUT2D eigenvalue weighted by atomic mass is 10.1. The maximum atomic E-state index is 5.17. The lowest BCUT2D eigenvalue weighted by Gasteiger charge is -2.05. The number of para-hydroxylation sites is 1. The van der Waals surface area contributed by atoms with Gasteiger partial charge in [-0.15, -0.1) is 0 Å².